The van der Waals surface area contributed by atoms with E-state index in [9.17, 15) is 24.3 Å². The molecule has 0 aromatic carbocycles. The summed E-state index contributed by atoms with van der Waals surface area (Å²) < 4.78 is 4.08. The van der Waals surface area contributed by atoms with Crippen molar-refractivity contribution in [3.8, 4) is 0 Å². The Hall–Kier alpha value is -2.20. The van der Waals surface area contributed by atoms with Crippen molar-refractivity contribution in [3.63, 3.8) is 0 Å². The Morgan fingerprint density at radius 2 is 1.44 bits per heavy atom. The molecule has 0 amide bonds. The summed E-state index contributed by atoms with van der Waals surface area (Å²) in [5.74, 6) is -6.32. The molecule has 0 bridgehead atoms. The maximum Gasteiger partial charge on any atom is 0.341 e. The number of carboxylic acid groups (broad SMARTS) is 3. The number of aliphatic carboxylic acids is 3. The average Bonchev–Trinajstić information content (AvgIpc) is 2.12. The first kappa shape index (κ1) is 18.2. The van der Waals surface area contributed by atoms with Crippen molar-refractivity contribution >= 4 is 23.9 Å². The Kier molecular flexibility index (Phi) is 7.26. The molecule has 1 unspecified atom stereocenters. The fourth-order valence-corrected chi connectivity index (χ4v) is 0.896. The van der Waals surface area contributed by atoms with E-state index in [1.807, 2.05) is 0 Å². The van der Waals surface area contributed by atoms with Crippen molar-refractivity contribution in [2.45, 2.75) is 18.4 Å². The molecule has 10 heteroatoms. The van der Waals surface area contributed by atoms with Gasteiger partial charge in [0.2, 0.25) is 0 Å². The second-order valence-corrected chi connectivity index (χ2v) is 3.14. The molecule has 0 spiro atoms. The zero-order valence-corrected chi connectivity index (χ0v) is 8.95. The number of carbonyl (C=O) groups is 4. The number of rotatable bonds is 7. The molecule has 0 aromatic rings. The zero-order chi connectivity index (χ0) is 13.6. The lowest BCUT2D eigenvalue weighted by atomic mass is 9.96. The molecular weight excluding hydrogens is 256 g/mol. The van der Waals surface area contributed by atoms with Gasteiger partial charge >= 0.3 is 23.9 Å². The summed E-state index contributed by atoms with van der Waals surface area (Å²) in [7, 11) is 0. The maximum absolute atomic E-state index is 10.9. The second-order valence-electron chi connectivity index (χ2n) is 3.14. The van der Waals surface area contributed by atoms with Gasteiger partial charge in [0.25, 0.3) is 0 Å². The first-order valence-electron chi connectivity index (χ1n) is 4.22. The van der Waals surface area contributed by atoms with Gasteiger partial charge in [-0.25, -0.2) is 9.59 Å². The molecule has 0 aliphatic heterocycles. The molecule has 0 aliphatic carbocycles. The maximum atomic E-state index is 10.9. The van der Waals surface area contributed by atoms with Crippen molar-refractivity contribution in [2.24, 2.45) is 0 Å². The van der Waals surface area contributed by atoms with E-state index < -0.39 is 48.9 Å². The highest BCUT2D eigenvalue weighted by Gasteiger charge is 2.41. The normalized spacial score (nSPS) is 12.7. The van der Waals surface area contributed by atoms with Crippen LogP contribution in [0.1, 0.15) is 12.8 Å². The minimum Gasteiger partial charge on any atom is -0.481 e. The van der Waals surface area contributed by atoms with Crippen LogP contribution in [0.25, 0.3) is 0 Å². The largest absolute Gasteiger partial charge is 0.481 e. The van der Waals surface area contributed by atoms with Crippen molar-refractivity contribution < 1.29 is 49.8 Å². The third-order valence-electron chi connectivity index (χ3n) is 1.64. The quantitative estimate of drug-likeness (QED) is 0.360. The lowest BCUT2D eigenvalue weighted by Gasteiger charge is -2.19. The van der Waals surface area contributed by atoms with Crippen LogP contribution in [0.3, 0.4) is 0 Å². The standard InChI is InChI=1S/C8H10O9.H2O/c9-4(10)1-8(16,7(14)15)2-6(13)17-3-5(11)12;/h16H,1-3H2,(H,9,10)(H,11,12)(H,14,15);1H2. The highest BCUT2D eigenvalue weighted by Crippen LogP contribution is 2.16. The number of aliphatic hydroxyl groups is 1. The van der Waals surface area contributed by atoms with Gasteiger partial charge in [0, 0.05) is 0 Å². The minimum atomic E-state index is -2.82. The summed E-state index contributed by atoms with van der Waals surface area (Å²) in [6.45, 7) is -0.998. The lowest BCUT2D eigenvalue weighted by Crippen LogP contribution is -2.43. The highest BCUT2D eigenvalue weighted by molar-refractivity contribution is 5.88. The molecule has 0 radical (unpaired) electrons. The monoisotopic (exact) mass is 268 g/mol. The molecule has 1 atom stereocenters. The van der Waals surface area contributed by atoms with Crippen molar-refractivity contribution in [1.82, 2.24) is 0 Å². The number of carboxylic acids is 3. The molecule has 0 saturated heterocycles. The Bertz CT molecular complexity index is 348. The van der Waals surface area contributed by atoms with Crippen molar-refractivity contribution in [3.05, 3.63) is 0 Å². The molecule has 6 N–H and O–H groups in total. The molecule has 104 valence electrons. The number of hydrogen-bond donors (Lipinski definition) is 4. The zero-order valence-electron chi connectivity index (χ0n) is 8.95. The van der Waals surface area contributed by atoms with Gasteiger partial charge in [0.15, 0.2) is 12.2 Å². The molecule has 0 saturated carbocycles. The van der Waals surface area contributed by atoms with Crippen LogP contribution < -0.4 is 0 Å². The van der Waals surface area contributed by atoms with Crippen molar-refractivity contribution in [1.29, 1.82) is 0 Å². The fourth-order valence-electron chi connectivity index (χ4n) is 0.896. The molecule has 0 rings (SSSR count). The van der Waals surface area contributed by atoms with Gasteiger partial charge in [0.1, 0.15) is 0 Å². The van der Waals surface area contributed by atoms with Crippen LogP contribution in [0.2, 0.25) is 0 Å². The third-order valence-corrected chi connectivity index (χ3v) is 1.64. The predicted molar refractivity (Wildman–Crippen MR) is 51.7 cm³/mol. The van der Waals surface area contributed by atoms with Crippen LogP contribution in [-0.2, 0) is 23.9 Å². The van der Waals surface area contributed by atoms with Gasteiger partial charge in [-0.3, -0.25) is 9.59 Å². The minimum absolute atomic E-state index is 0. The van der Waals surface area contributed by atoms with E-state index in [0.29, 0.717) is 0 Å². The number of esters is 1. The molecule has 18 heavy (non-hydrogen) atoms. The molecular formula is C8H12O10. The van der Waals surface area contributed by atoms with Crippen LogP contribution in [-0.4, -0.2) is 62.0 Å². The van der Waals surface area contributed by atoms with Crippen LogP contribution in [0, 0.1) is 0 Å². The topological polar surface area (TPSA) is 190 Å². The van der Waals surface area contributed by atoms with Crippen molar-refractivity contribution in [2.75, 3.05) is 6.61 Å². The summed E-state index contributed by atoms with van der Waals surface area (Å²) in [5.41, 5.74) is -2.82. The second kappa shape index (κ2) is 7.19. The van der Waals surface area contributed by atoms with Crippen LogP contribution in [0.15, 0.2) is 0 Å². The Balaban J connectivity index is 0. The van der Waals surface area contributed by atoms with E-state index in [4.69, 9.17) is 15.3 Å². The summed E-state index contributed by atoms with van der Waals surface area (Å²) in [5, 5.41) is 34.5. The molecule has 10 nitrogen and oxygen atoms in total. The fraction of sp³-hybridized carbons (Fsp3) is 0.500. The van der Waals surface area contributed by atoms with Gasteiger partial charge in [-0.1, -0.05) is 0 Å². The van der Waals surface area contributed by atoms with E-state index in [1.165, 1.54) is 0 Å². The third kappa shape index (κ3) is 6.40. The van der Waals surface area contributed by atoms with Gasteiger partial charge < -0.3 is 30.6 Å². The Labute approximate surface area is 99.7 Å². The Morgan fingerprint density at radius 3 is 1.78 bits per heavy atom. The van der Waals surface area contributed by atoms with E-state index in [1.54, 1.807) is 0 Å². The summed E-state index contributed by atoms with van der Waals surface area (Å²) in [4.78, 5) is 41.9. The first-order valence-corrected chi connectivity index (χ1v) is 4.22. The number of hydrogen-bond acceptors (Lipinski definition) is 6. The summed E-state index contributed by atoms with van der Waals surface area (Å²) in [6, 6.07) is 0. The molecule has 0 fully saturated rings. The molecule has 0 heterocycles. The van der Waals surface area contributed by atoms with E-state index >= 15 is 0 Å². The summed E-state index contributed by atoms with van der Waals surface area (Å²) in [6.07, 6.45) is -2.35. The van der Waals surface area contributed by atoms with Gasteiger partial charge in [0.05, 0.1) is 12.8 Å². The number of carbonyl (C=O) groups excluding carboxylic acids is 1. The lowest BCUT2D eigenvalue weighted by molar-refractivity contribution is -0.173. The Morgan fingerprint density at radius 1 is 0.944 bits per heavy atom. The van der Waals surface area contributed by atoms with Crippen LogP contribution in [0.4, 0.5) is 0 Å². The van der Waals surface area contributed by atoms with Crippen LogP contribution >= 0.6 is 0 Å². The number of ether oxygens (including phenoxy) is 1. The van der Waals surface area contributed by atoms with E-state index in [0.717, 1.165) is 0 Å². The highest BCUT2D eigenvalue weighted by atomic mass is 16.6. The van der Waals surface area contributed by atoms with Crippen LogP contribution in [0.5, 0.6) is 0 Å². The summed E-state index contributed by atoms with van der Waals surface area (Å²) >= 11 is 0. The SMILES string of the molecule is O.O=C(O)COC(=O)CC(O)(CC(=O)O)C(=O)O. The van der Waals surface area contributed by atoms with E-state index in [2.05, 4.69) is 4.74 Å². The molecule has 0 aromatic heterocycles. The van der Waals surface area contributed by atoms with Gasteiger partial charge in [-0.05, 0) is 0 Å². The van der Waals surface area contributed by atoms with Gasteiger partial charge in [-0.2, -0.15) is 0 Å². The average molecular weight is 268 g/mol. The molecule has 0 aliphatic rings. The predicted octanol–water partition coefficient (Wildman–Crippen LogP) is -2.53. The van der Waals surface area contributed by atoms with E-state index in [-0.39, 0.29) is 5.48 Å². The van der Waals surface area contributed by atoms with Gasteiger partial charge in [-0.15, -0.1) is 0 Å². The first-order chi connectivity index (χ1) is 7.67. The smallest absolute Gasteiger partial charge is 0.341 e.